The van der Waals surface area contributed by atoms with Crippen LogP contribution in [0.15, 0.2) is 23.1 Å². The summed E-state index contributed by atoms with van der Waals surface area (Å²) >= 11 is 1.72. The summed E-state index contributed by atoms with van der Waals surface area (Å²) in [5, 5.41) is 0. The Labute approximate surface area is 84.5 Å². The Morgan fingerprint density at radius 2 is 2.15 bits per heavy atom. The van der Waals surface area contributed by atoms with Gasteiger partial charge in [-0.1, -0.05) is 19.4 Å². The molecule has 1 rings (SSSR count). The summed E-state index contributed by atoms with van der Waals surface area (Å²) in [4.78, 5) is 1.21. The van der Waals surface area contributed by atoms with E-state index in [9.17, 15) is 0 Å². The maximum Gasteiger partial charge on any atom is 0.132 e. The molecule has 0 amide bonds. The molecule has 0 saturated carbocycles. The van der Waals surface area contributed by atoms with E-state index in [0.717, 1.165) is 12.2 Å². The third-order valence-corrected chi connectivity index (χ3v) is 2.76. The first-order valence-electron chi connectivity index (χ1n) is 4.52. The number of aryl methyl sites for hydroxylation is 1. The van der Waals surface area contributed by atoms with Crippen LogP contribution in [0.3, 0.4) is 0 Å². The van der Waals surface area contributed by atoms with Crippen LogP contribution in [-0.2, 0) is 6.42 Å². The minimum Gasteiger partial charge on any atom is -0.496 e. The molecule has 0 heterocycles. The molecule has 0 radical (unpaired) electrons. The lowest BCUT2D eigenvalue weighted by atomic mass is 10.1. The van der Waals surface area contributed by atoms with Crippen LogP contribution in [0.2, 0.25) is 0 Å². The maximum atomic E-state index is 5.30. The first-order valence-corrected chi connectivity index (χ1v) is 5.75. The molecule has 0 bridgehead atoms. The third-order valence-electron chi connectivity index (χ3n) is 1.99. The predicted octanol–water partition coefficient (Wildman–Crippen LogP) is 3.37. The second kappa shape index (κ2) is 5.18. The van der Waals surface area contributed by atoms with Gasteiger partial charge in [0.15, 0.2) is 0 Å². The number of ether oxygens (including phenoxy) is 1. The lowest BCUT2D eigenvalue weighted by Gasteiger charge is -2.07. The fraction of sp³-hybridized carbons (Fsp3) is 0.455. The lowest BCUT2D eigenvalue weighted by molar-refractivity contribution is 0.404. The molecule has 1 nitrogen and oxygen atoms in total. The van der Waals surface area contributed by atoms with Crippen molar-refractivity contribution >= 4 is 11.8 Å². The molecular weight excluding hydrogens is 180 g/mol. The number of hydrogen-bond donors (Lipinski definition) is 0. The van der Waals surface area contributed by atoms with Crippen LogP contribution in [0.4, 0.5) is 0 Å². The predicted molar refractivity (Wildman–Crippen MR) is 58.8 cm³/mol. The highest BCUT2D eigenvalue weighted by atomic mass is 32.2. The summed E-state index contributed by atoms with van der Waals surface area (Å²) in [5.74, 6) is 0.999. The van der Waals surface area contributed by atoms with Crippen molar-refractivity contribution in [3.8, 4) is 5.75 Å². The Morgan fingerprint density at radius 3 is 2.69 bits per heavy atom. The minimum atomic E-state index is 0.999. The van der Waals surface area contributed by atoms with Gasteiger partial charge < -0.3 is 4.74 Å². The van der Waals surface area contributed by atoms with E-state index in [1.807, 2.05) is 0 Å². The van der Waals surface area contributed by atoms with Crippen LogP contribution in [0.1, 0.15) is 18.9 Å². The number of hydrogen-bond acceptors (Lipinski definition) is 2. The van der Waals surface area contributed by atoms with E-state index in [4.69, 9.17) is 4.74 Å². The van der Waals surface area contributed by atoms with E-state index in [-0.39, 0.29) is 0 Å². The van der Waals surface area contributed by atoms with Gasteiger partial charge >= 0.3 is 0 Å². The van der Waals surface area contributed by atoms with Crippen LogP contribution >= 0.6 is 11.8 Å². The van der Waals surface area contributed by atoms with Crippen LogP contribution < -0.4 is 4.74 Å². The molecule has 2 heteroatoms. The summed E-state index contributed by atoms with van der Waals surface area (Å²) in [6, 6.07) is 6.45. The fourth-order valence-electron chi connectivity index (χ4n) is 1.32. The van der Waals surface area contributed by atoms with Crippen molar-refractivity contribution in [3.05, 3.63) is 23.8 Å². The Bertz CT molecular complexity index is 271. The summed E-state index contributed by atoms with van der Waals surface area (Å²) < 4.78 is 5.30. The number of benzene rings is 1. The molecule has 0 aliphatic heterocycles. The Kier molecular flexibility index (Phi) is 4.16. The first kappa shape index (κ1) is 10.5. The largest absolute Gasteiger partial charge is 0.496 e. The molecule has 1 aromatic carbocycles. The first-order chi connectivity index (χ1) is 6.31. The molecule has 0 aliphatic rings. The van der Waals surface area contributed by atoms with Crippen LogP contribution in [-0.4, -0.2) is 13.4 Å². The average Bonchev–Trinajstić information content (AvgIpc) is 2.18. The highest BCUT2D eigenvalue weighted by molar-refractivity contribution is 7.98. The Balaban J connectivity index is 2.91. The summed E-state index contributed by atoms with van der Waals surface area (Å²) in [5.41, 5.74) is 1.36. The van der Waals surface area contributed by atoms with Crippen LogP contribution in [0, 0.1) is 0 Å². The van der Waals surface area contributed by atoms with Gasteiger partial charge in [0, 0.05) is 4.90 Å². The second-order valence-corrected chi connectivity index (χ2v) is 3.79. The van der Waals surface area contributed by atoms with Gasteiger partial charge in [0.05, 0.1) is 7.11 Å². The summed E-state index contributed by atoms with van der Waals surface area (Å²) in [6.45, 7) is 2.19. The van der Waals surface area contributed by atoms with E-state index in [0.29, 0.717) is 0 Å². The average molecular weight is 196 g/mol. The molecule has 1 aromatic rings. The molecule has 0 atom stereocenters. The smallest absolute Gasteiger partial charge is 0.132 e. The fourth-order valence-corrected chi connectivity index (χ4v) is 1.87. The van der Waals surface area contributed by atoms with E-state index in [1.54, 1.807) is 18.9 Å². The van der Waals surface area contributed by atoms with Crippen molar-refractivity contribution in [3.63, 3.8) is 0 Å². The van der Waals surface area contributed by atoms with Gasteiger partial charge in [-0.05, 0) is 30.4 Å². The summed E-state index contributed by atoms with van der Waals surface area (Å²) in [7, 11) is 1.73. The zero-order valence-electron chi connectivity index (χ0n) is 8.46. The number of thioether (sulfide) groups is 1. The van der Waals surface area contributed by atoms with Gasteiger partial charge in [0.25, 0.3) is 0 Å². The highest BCUT2D eigenvalue weighted by Gasteiger charge is 2.02. The molecule has 0 aromatic heterocycles. The highest BCUT2D eigenvalue weighted by Crippen LogP contribution is 2.28. The standard InChI is InChI=1S/C11H16OS/c1-4-5-9-6-7-11(13-3)10(8-9)12-2/h6-8H,4-5H2,1-3H3. The molecule has 0 spiro atoms. The van der Waals surface area contributed by atoms with Crippen molar-refractivity contribution in [2.24, 2.45) is 0 Å². The molecule has 0 fully saturated rings. The summed E-state index contributed by atoms with van der Waals surface area (Å²) in [6.07, 6.45) is 4.38. The van der Waals surface area contributed by atoms with Crippen molar-refractivity contribution in [2.45, 2.75) is 24.7 Å². The van der Waals surface area contributed by atoms with E-state index in [2.05, 4.69) is 31.4 Å². The van der Waals surface area contributed by atoms with Crippen molar-refractivity contribution in [2.75, 3.05) is 13.4 Å². The van der Waals surface area contributed by atoms with Crippen molar-refractivity contribution in [1.82, 2.24) is 0 Å². The molecule has 72 valence electrons. The maximum absolute atomic E-state index is 5.30. The van der Waals surface area contributed by atoms with Gasteiger partial charge in [-0.3, -0.25) is 0 Å². The minimum absolute atomic E-state index is 0.999. The Hall–Kier alpha value is -0.630. The number of methoxy groups -OCH3 is 1. The molecular formula is C11H16OS. The van der Waals surface area contributed by atoms with E-state index in [1.165, 1.54) is 16.9 Å². The van der Waals surface area contributed by atoms with Gasteiger partial charge in [-0.25, -0.2) is 0 Å². The molecule has 0 unspecified atom stereocenters. The van der Waals surface area contributed by atoms with Gasteiger partial charge in [-0.15, -0.1) is 11.8 Å². The SMILES string of the molecule is CCCc1ccc(SC)c(OC)c1. The van der Waals surface area contributed by atoms with Crippen LogP contribution in [0.25, 0.3) is 0 Å². The second-order valence-electron chi connectivity index (χ2n) is 2.94. The van der Waals surface area contributed by atoms with Gasteiger partial charge in [0.1, 0.15) is 5.75 Å². The topological polar surface area (TPSA) is 9.23 Å². The van der Waals surface area contributed by atoms with Gasteiger partial charge in [0.2, 0.25) is 0 Å². The third kappa shape index (κ3) is 2.66. The zero-order chi connectivity index (χ0) is 9.68. The normalized spacial score (nSPS) is 10.1. The van der Waals surface area contributed by atoms with Gasteiger partial charge in [-0.2, -0.15) is 0 Å². The molecule has 0 saturated heterocycles. The molecule has 13 heavy (non-hydrogen) atoms. The molecule has 0 aliphatic carbocycles. The number of rotatable bonds is 4. The van der Waals surface area contributed by atoms with E-state index >= 15 is 0 Å². The van der Waals surface area contributed by atoms with Crippen molar-refractivity contribution in [1.29, 1.82) is 0 Å². The zero-order valence-corrected chi connectivity index (χ0v) is 9.28. The monoisotopic (exact) mass is 196 g/mol. The molecule has 0 N–H and O–H groups in total. The van der Waals surface area contributed by atoms with Crippen molar-refractivity contribution < 1.29 is 4.74 Å². The van der Waals surface area contributed by atoms with E-state index < -0.39 is 0 Å². The quantitative estimate of drug-likeness (QED) is 0.683. The lowest BCUT2D eigenvalue weighted by Crippen LogP contribution is -1.89. The van der Waals surface area contributed by atoms with Crippen LogP contribution in [0.5, 0.6) is 5.75 Å². The Morgan fingerprint density at radius 1 is 1.38 bits per heavy atom.